The zero-order valence-corrected chi connectivity index (χ0v) is 9.40. The van der Waals surface area contributed by atoms with E-state index in [0.29, 0.717) is 10.6 Å². The molecule has 0 aliphatic heterocycles. The van der Waals surface area contributed by atoms with Crippen molar-refractivity contribution in [1.29, 1.82) is 0 Å². The second-order valence-corrected chi connectivity index (χ2v) is 3.71. The van der Waals surface area contributed by atoms with E-state index >= 15 is 0 Å². The standard InChI is InChI=1S/C10H13ClN2O2/c1-7(6-14)13(2)10(15)8-3-4-12-5-9(8)11/h3-5,7,14H,6H2,1-2H3. The first kappa shape index (κ1) is 11.9. The van der Waals surface area contributed by atoms with Crippen LogP contribution in [0.5, 0.6) is 0 Å². The summed E-state index contributed by atoms with van der Waals surface area (Å²) in [5.41, 5.74) is 0.398. The van der Waals surface area contributed by atoms with Gasteiger partial charge in [-0.05, 0) is 13.0 Å². The van der Waals surface area contributed by atoms with Crippen molar-refractivity contribution in [3.8, 4) is 0 Å². The number of nitrogens with zero attached hydrogens (tertiary/aromatic N) is 2. The topological polar surface area (TPSA) is 53.4 Å². The van der Waals surface area contributed by atoms with Crippen LogP contribution in [0, 0.1) is 0 Å². The molecule has 0 spiro atoms. The van der Waals surface area contributed by atoms with E-state index in [9.17, 15) is 4.79 Å². The van der Waals surface area contributed by atoms with Crippen LogP contribution in [-0.4, -0.2) is 40.6 Å². The van der Waals surface area contributed by atoms with Crippen LogP contribution in [0.25, 0.3) is 0 Å². The van der Waals surface area contributed by atoms with E-state index in [-0.39, 0.29) is 18.6 Å². The second kappa shape index (κ2) is 5.09. The van der Waals surface area contributed by atoms with Gasteiger partial charge in [-0.25, -0.2) is 0 Å². The van der Waals surface area contributed by atoms with E-state index < -0.39 is 0 Å². The summed E-state index contributed by atoms with van der Waals surface area (Å²) in [5.74, 6) is -0.219. The molecule has 1 atom stereocenters. The van der Waals surface area contributed by atoms with Gasteiger partial charge in [0.15, 0.2) is 0 Å². The molecule has 0 fully saturated rings. The highest BCUT2D eigenvalue weighted by molar-refractivity contribution is 6.33. The van der Waals surface area contributed by atoms with Crippen molar-refractivity contribution in [2.24, 2.45) is 0 Å². The van der Waals surface area contributed by atoms with E-state index in [1.807, 2.05) is 0 Å². The lowest BCUT2D eigenvalue weighted by Gasteiger charge is -2.23. The molecule has 0 radical (unpaired) electrons. The number of pyridine rings is 1. The molecule has 82 valence electrons. The lowest BCUT2D eigenvalue weighted by atomic mass is 10.2. The van der Waals surface area contributed by atoms with Crippen molar-refractivity contribution in [3.63, 3.8) is 0 Å². The molecule has 0 aliphatic carbocycles. The number of amides is 1. The number of carbonyl (C=O) groups is 1. The Kier molecular flexibility index (Phi) is 4.05. The Morgan fingerprint density at radius 3 is 2.93 bits per heavy atom. The van der Waals surface area contributed by atoms with Gasteiger partial charge in [0.05, 0.1) is 23.2 Å². The molecule has 0 saturated carbocycles. The van der Waals surface area contributed by atoms with Crippen LogP contribution in [0.1, 0.15) is 17.3 Å². The number of likely N-dealkylation sites (N-methyl/N-ethyl adjacent to an activating group) is 1. The third-order valence-electron chi connectivity index (χ3n) is 2.25. The molecule has 0 bridgehead atoms. The van der Waals surface area contributed by atoms with Crippen LogP contribution < -0.4 is 0 Å². The van der Waals surface area contributed by atoms with Crippen molar-refractivity contribution in [3.05, 3.63) is 29.0 Å². The molecule has 1 rings (SSSR count). The van der Waals surface area contributed by atoms with Crippen molar-refractivity contribution in [2.45, 2.75) is 13.0 Å². The average molecular weight is 229 g/mol. The van der Waals surface area contributed by atoms with Gasteiger partial charge in [0.1, 0.15) is 0 Å². The Hall–Kier alpha value is -1.13. The molecule has 1 aromatic rings. The number of halogens is 1. The van der Waals surface area contributed by atoms with Crippen LogP contribution in [0.2, 0.25) is 5.02 Å². The van der Waals surface area contributed by atoms with Crippen molar-refractivity contribution in [2.75, 3.05) is 13.7 Å². The van der Waals surface area contributed by atoms with Crippen molar-refractivity contribution in [1.82, 2.24) is 9.88 Å². The predicted octanol–water partition coefficient (Wildman–Crippen LogP) is 1.19. The molecule has 0 saturated heterocycles. The molecule has 0 aliphatic rings. The smallest absolute Gasteiger partial charge is 0.255 e. The highest BCUT2D eigenvalue weighted by atomic mass is 35.5. The normalized spacial score (nSPS) is 12.3. The fourth-order valence-corrected chi connectivity index (χ4v) is 1.26. The minimum Gasteiger partial charge on any atom is -0.394 e. The molecule has 1 heterocycles. The summed E-state index contributed by atoms with van der Waals surface area (Å²) in [6.45, 7) is 1.68. The lowest BCUT2D eigenvalue weighted by molar-refractivity contribution is 0.0682. The summed E-state index contributed by atoms with van der Waals surface area (Å²) in [7, 11) is 1.62. The Bertz CT molecular complexity index is 357. The fraction of sp³-hybridized carbons (Fsp3) is 0.400. The maximum absolute atomic E-state index is 11.9. The summed E-state index contributed by atoms with van der Waals surface area (Å²) < 4.78 is 0. The number of carbonyl (C=O) groups excluding carboxylic acids is 1. The molecule has 4 nitrogen and oxygen atoms in total. The zero-order valence-electron chi connectivity index (χ0n) is 8.64. The van der Waals surface area contributed by atoms with Gasteiger partial charge >= 0.3 is 0 Å². The third-order valence-corrected chi connectivity index (χ3v) is 2.55. The molecule has 1 amide bonds. The number of hydrogen-bond acceptors (Lipinski definition) is 3. The minimum atomic E-state index is -0.235. The van der Waals surface area contributed by atoms with Gasteiger partial charge in [-0.3, -0.25) is 9.78 Å². The van der Waals surface area contributed by atoms with Gasteiger partial charge < -0.3 is 10.0 Å². The van der Waals surface area contributed by atoms with E-state index in [1.54, 1.807) is 20.0 Å². The largest absolute Gasteiger partial charge is 0.394 e. The first-order valence-electron chi connectivity index (χ1n) is 4.55. The lowest BCUT2D eigenvalue weighted by Crippen LogP contribution is -2.37. The predicted molar refractivity (Wildman–Crippen MR) is 57.9 cm³/mol. The van der Waals surface area contributed by atoms with E-state index in [0.717, 1.165) is 0 Å². The minimum absolute atomic E-state index is 0.0784. The summed E-state index contributed by atoms with van der Waals surface area (Å²) in [6, 6.07) is 1.33. The maximum atomic E-state index is 11.9. The van der Waals surface area contributed by atoms with Gasteiger partial charge in [-0.15, -0.1) is 0 Å². The fourth-order valence-electron chi connectivity index (χ4n) is 1.06. The molecule has 15 heavy (non-hydrogen) atoms. The summed E-state index contributed by atoms with van der Waals surface area (Å²) in [6.07, 6.45) is 2.93. The summed E-state index contributed by atoms with van der Waals surface area (Å²) in [4.78, 5) is 17.1. The number of aliphatic hydroxyl groups excluding tert-OH is 1. The Morgan fingerprint density at radius 1 is 1.73 bits per heavy atom. The highest BCUT2D eigenvalue weighted by Gasteiger charge is 2.18. The Labute approximate surface area is 93.5 Å². The Morgan fingerprint density at radius 2 is 2.40 bits per heavy atom. The first-order chi connectivity index (χ1) is 7.07. The maximum Gasteiger partial charge on any atom is 0.255 e. The first-order valence-corrected chi connectivity index (χ1v) is 4.93. The Balaban J connectivity index is 2.90. The summed E-state index contributed by atoms with van der Waals surface area (Å²) >= 11 is 5.84. The number of aliphatic hydroxyl groups is 1. The van der Waals surface area contributed by atoms with Crippen LogP contribution in [-0.2, 0) is 0 Å². The number of hydrogen-bond donors (Lipinski definition) is 1. The van der Waals surface area contributed by atoms with Gasteiger partial charge in [0, 0.05) is 19.4 Å². The monoisotopic (exact) mass is 228 g/mol. The molecule has 0 aromatic carbocycles. The van der Waals surface area contributed by atoms with Crippen LogP contribution in [0.4, 0.5) is 0 Å². The molecule has 1 unspecified atom stereocenters. The quantitative estimate of drug-likeness (QED) is 0.846. The molecular formula is C10H13ClN2O2. The third kappa shape index (κ3) is 2.67. The van der Waals surface area contributed by atoms with Gasteiger partial charge in [-0.2, -0.15) is 0 Å². The molecular weight excluding hydrogens is 216 g/mol. The highest BCUT2D eigenvalue weighted by Crippen LogP contribution is 2.16. The van der Waals surface area contributed by atoms with E-state index in [1.165, 1.54) is 17.3 Å². The van der Waals surface area contributed by atoms with E-state index in [4.69, 9.17) is 16.7 Å². The molecule has 1 aromatic heterocycles. The number of rotatable bonds is 3. The zero-order chi connectivity index (χ0) is 11.4. The van der Waals surface area contributed by atoms with Gasteiger partial charge in [0.2, 0.25) is 0 Å². The number of aromatic nitrogens is 1. The molecule has 1 N–H and O–H groups in total. The van der Waals surface area contributed by atoms with Crippen molar-refractivity contribution < 1.29 is 9.90 Å². The van der Waals surface area contributed by atoms with Crippen molar-refractivity contribution >= 4 is 17.5 Å². The van der Waals surface area contributed by atoms with Gasteiger partial charge in [-0.1, -0.05) is 11.6 Å². The van der Waals surface area contributed by atoms with E-state index in [2.05, 4.69) is 4.98 Å². The summed E-state index contributed by atoms with van der Waals surface area (Å²) in [5, 5.41) is 9.25. The second-order valence-electron chi connectivity index (χ2n) is 3.30. The van der Waals surface area contributed by atoms with Crippen LogP contribution in [0.3, 0.4) is 0 Å². The van der Waals surface area contributed by atoms with Crippen LogP contribution in [0.15, 0.2) is 18.5 Å². The molecule has 5 heteroatoms. The average Bonchev–Trinajstić information content (AvgIpc) is 2.26. The van der Waals surface area contributed by atoms with Crippen LogP contribution >= 0.6 is 11.6 Å². The SMILES string of the molecule is CC(CO)N(C)C(=O)c1ccncc1Cl. The van der Waals surface area contributed by atoms with Gasteiger partial charge in [0.25, 0.3) is 5.91 Å².